The van der Waals surface area contributed by atoms with Gasteiger partial charge in [0.25, 0.3) is 5.91 Å². The summed E-state index contributed by atoms with van der Waals surface area (Å²) >= 11 is 0. The van der Waals surface area contributed by atoms with Crippen molar-refractivity contribution in [3.63, 3.8) is 0 Å². The minimum atomic E-state index is -0.987. The van der Waals surface area contributed by atoms with Gasteiger partial charge >= 0.3 is 5.97 Å². The van der Waals surface area contributed by atoms with Crippen molar-refractivity contribution >= 4 is 11.9 Å². The van der Waals surface area contributed by atoms with Gasteiger partial charge in [0.15, 0.2) is 11.8 Å². The fraction of sp³-hybridized carbons (Fsp3) is 0.312. The number of aromatic nitrogens is 2. The number of hydrogen-bond acceptors (Lipinski definition) is 4. The first-order valence-corrected chi connectivity index (χ1v) is 6.93. The quantitative estimate of drug-likeness (QED) is 0.873. The monoisotopic (exact) mass is 301 g/mol. The first kappa shape index (κ1) is 15.8. The van der Waals surface area contributed by atoms with Gasteiger partial charge in [0, 0.05) is 5.69 Å². The Balaban J connectivity index is 2.32. The minimum Gasteiger partial charge on any atom is -0.448 e. The third kappa shape index (κ3) is 3.33. The maximum atomic E-state index is 12.0. The highest BCUT2D eigenvalue weighted by molar-refractivity contribution is 5.90. The third-order valence-corrected chi connectivity index (χ3v) is 3.23. The summed E-state index contributed by atoms with van der Waals surface area (Å²) in [7, 11) is 0. The Bertz CT molecular complexity index is 714. The Morgan fingerprint density at radius 1 is 1.14 bits per heavy atom. The van der Waals surface area contributed by atoms with Gasteiger partial charge in [0.2, 0.25) is 0 Å². The van der Waals surface area contributed by atoms with Crippen LogP contribution in [0.3, 0.4) is 0 Å². The topological polar surface area (TPSA) is 87.2 Å². The molecule has 1 aromatic heterocycles. The number of rotatable bonds is 4. The summed E-state index contributed by atoms with van der Waals surface area (Å²) in [5, 5.41) is 4.26. The molecule has 0 fully saturated rings. The lowest BCUT2D eigenvalue weighted by atomic mass is 10.1. The molecule has 1 aromatic carbocycles. The van der Waals surface area contributed by atoms with Crippen LogP contribution in [-0.4, -0.2) is 27.8 Å². The lowest BCUT2D eigenvalue weighted by molar-refractivity contribution is -0.125. The van der Waals surface area contributed by atoms with Gasteiger partial charge in [-0.05, 0) is 57.0 Å². The predicted octanol–water partition coefficient (Wildman–Crippen LogP) is 1.83. The summed E-state index contributed by atoms with van der Waals surface area (Å²) in [6, 6.07) is 7.64. The molecule has 0 spiro atoms. The fourth-order valence-corrected chi connectivity index (χ4v) is 2.19. The molecule has 0 bridgehead atoms. The Labute approximate surface area is 128 Å². The second-order valence-corrected chi connectivity index (χ2v) is 5.38. The number of benzene rings is 1. The van der Waals surface area contributed by atoms with Crippen molar-refractivity contribution in [1.82, 2.24) is 9.78 Å². The normalized spacial score (nSPS) is 12.0. The average Bonchev–Trinajstić information content (AvgIpc) is 2.79. The van der Waals surface area contributed by atoms with Crippen molar-refractivity contribution in [1.29, 1.82) is 0 Å². The van der Waals surface area contributed by atoms with E-state index in [0.717, 1.165) is 22.5 Å². The van der Waals surface area contributed by atoms with E-state index in [2.05, 4.69) is 11.2 Å². The van der Waals surface area contributed by atoms with Gasteiger partial charge < -0.3 is 10.5 Å². The number of hydrogen-bond donors (Lipinski definition) is 1. The molecule has 6 nitrogen and oxygen atoms in total. The van der Waals surface area contributed by atoms with Crippen LogP contribution in [0.4, 0.5) is 0 Å². The molecule has 0 aliphatic rings. The molecular weight excluding hydrogens is 282 g/mol. The van der Waals surface area contributed by atoms with E-state index in [9.17, 15) is 9.59 Å². The van der Waals surface area contributed by atoms with E-state index in [1.165, 1.54) is 6.92 Å². The van der Waals surface area contributed by atoms with E-state index in [4.69, 9.17) is 10.5 Å². The van der Waals surface area contributed by atoms with Gasteiger partial charge in [0.05, 0.1) is 5.69 Å². The first-order valence-electron chi connectivity index (χ1n) is 6.93. The molecule has 0 unspecified atom stereocenters. The van der Waals surface area contributed by atoms with E-state index in [0.29, 0.717) is 0 Å². The molecule has 2 N–H and O–H groups in total. The molecule has 22 heavy (non-hydrogen) atoms. The number of amides is 1. The zero-order valence-electron chi connectivity index (χ0n) is 13.1. The highest BCUT2D eigenvalue weighted by atomic mass is 16.5. The maximum Gasteiger partial charge on any atom is 0.359 e. The zero-order valence-corrected chi connectivity index (χ0v) is 13.1. The summed E-state index contributed by atoms with van der Waals surface area (Å²) in [5.41, 5.74) is 9.11. The van der Waals surface area contributed by atoms with Crippen molar-refractivity contribution in [2.45, 2.75) is 33.8 Å². The first-order chi connectivity index (χ1) is 10.3. The smallest absolute Gasteiger partial charge is 0.359 e. The van der Waals surface area contributed by atoms with Gasteiger partial charge in [-0.15, -0.1) is 0 Å². The van der Waals surface area contributed by atoms with Crippen LogP contribution in [-0.2, 0) is 9.53 Å². The molecule has 2 rings (SSSR count). The van der Waals surface area contributed by atoms with Crippen LogP contribution in [0.15, 0.2) is 24.3 Å². The molecule has 2 aromatic rings. The van der Waals surface area contributed by atoms with E-state index in [1.54, 1.807) is 10.7 Å². The Morgan fingerprint density at radius 3 is 2.27 bits per heavy atom. The van der Waals surface area contributed by atoms with Crippen LogP contribution in [0.5, 0.6) is 0 Å². The fourth-order valence-electron chi connectivity index (χ4n) is 2.19. The minimum absolute atomic E-state index is 0.143. The number of nitrogens with zero attached hydrogens (tertiary/aromatic N) is 2. The van der Waals surface area contributed by atoms with E-state index in [-0.39, 0.29) is 5.69 Å². The molecule has 0 aliphatic carbocycles. The second-order valence-electron chi connectivity index (χ2n) is 5.38. The van der Waals surface area contributed by atoms with Crippen molar-refractivity contribution in [3.05, 3.63) is 46.8 Å². The summed E-state index contributed by atoms with van der Waals surface area (Å²) in [5.74, 6) is -1.36. The van der Waals surface area contributed by atoms with Crippen molar-refractivity contribution in [2.24, 2.45) is 5.73 Å². The number of esters is 1. The zero-order chi connectivity index (χ0) is 16.4. The lowest BCUT2D eigenvalue weighted by Gasteiger charge is -2.08. The molecule has 1 amide bonds. The molecule has 0 saturated carbocycles. The molecule has 116 valence electrons. The van der Waals surface area contributed by atoms with Gasteiger partial charge in [-0.2, -0.15) is 5.10 Å². The standard InChI is InChI=1S/C16H19N3O3/c1-9-5-10(2)7-13(6-9)19-11(3)8-14(18-19)16(21)22-12(4)15(17)20/h5-8,12H,1-4H3,(H2,17,20)/t12-/m1/s1. The number of carbonyl (C=O) groups is 2. The SMILES string of the molecule is Cc1cc(C)cc(-n2nc(C(=O)O[C@H](C)C(N)=O)cc2C)c1. The average molecular weight is 301 g/mol. The number of aryl methyl sites for hydroxylation is 3. The summed E-state index contributed by atoms with van der Waals surface area (Å²) in [6.07, 6.45) is -0.987. The van der Waals surface area contributed by atoms with Gasteiger partial charge in [-0.1, -0.05) is 6.07 Å². The molecule has 0 aliphatic heterocycles. The maximum absolute atomic E-state index is 12.0. The highest BCUT2D eigenvalue weighted by Crippen LogP contribution is 2.16. The molecule has 1 atom stereocenters. The van der Waals surface area contributed by atoms with Crippen LogP contribution in [0.2, 0.25) is 0 Å². The molecule has 6 heteroatoms. The molecule has 1 heterocycles. The molecule has 0 saturated heterocycles. The number of nitrogens with two attached hydrogens (primary N) is 1. The summed E-state index contributed by atoms with van der Waals surface area (Å²) in [4.78, 5) is 22.9. The predicted molar refractivity (Wildman–Crippen MR) is 81.8 cm³/mol. The van der Waals surface area contributed by atoms with Crippen molar-refractivity contribution in [3.8, 4) is 5.69 Å². The third-order valence-electron chi connectivity index (χ3n) is 3.23. The summed E-state index contributed by atoms with van der Waals surface area (Å²) in [6.45, 7) is 7.27. The Kier molecular flexibility index (Phi) is 4.30. The van der Waals surface area contributed by atoms with E-state index in [1.807, 2.05) is 32.9 Å². The van der Waals surface area contributed by atoms with Crippen LogP contribution in [0.1, 0.15) is 34.2 Å². The van der Waals surface area contributed by atoms with E-state index < -0.39 is 18.0 Å². The van der Waals surface area contributed by atoms with Crippen molar-refractivity contribution in [2.75, 3.05) is 0 Å². The van der Waals surface area contributed by atoms with Crippen LogP contribution in [0.25, 0.3) is 5.69 Å². The number of primary amides is 1. The van der Waals surface area contributed by atoms with Gasteiger partial charge in [-0.25, -0.2) is 9.48 Å². The van der Waals surface area contributed by atoms with Gasteiger partial charge in [-0.3, -0.25) is 4.79 Å². The van der Waals surface area contributed by atoms with Crippen molar-refractivity contribution < 1.29 is 14.3 Å². The van der Waals surface area contributed by atoms with E-state index >= 15 is 0 Å². The lowest BCUT2D eigenvalue weighted by Crippen LogP contribution is -2.30. The molecular formula is C16H19N3O3. The summed E-state index contributed by atoms with van der Waals surface area (Å²) < 4.78 is 6.63. The number of carbonyl (C=O) groups excluding carboxylic acids is 2. The van der Waals surface area contributed by atoms with Crippen LogP contribution < -0.4 is 5.73 Å². The Morgan fingerprint density at radius 2 is 1.73 bits per heavy atom. The Hall–Kier alpha value is -2.63. The molecule has 0 radical (unpaired) electrons. The van der Waals surface area contributed by atoms with Gasteiger partial charge in [0.1, 0.15) is 0 Å². The second kappa shape index (κ2) is 6.01. The van der Waals surface area contributed by atoms with Crippen LogP contribution >= 0.6 is 0 Å². The highest BCUT2D eigenvalue weighted by Gasteiger charge is 2.20. The largest absolute Gasteiger partial charge is 0.448 e. The number of ether oxygens (including phenoxy) is 1. The van der Waals surface area contributed by atoms with Crippen LogP contribution in [0, 0.1) is 20.8 Å².